The van der Waals surface area contributed by atoms with Crippen LogP contribution < -0.4 is 0 Å². The van der Waals surface area contributed by atoms with Crippen LogP contribution in [0.1, 0.15) is 37.8 Å². The Kier molecular flexibility index (Phi) is 5.27. The summed E-state index contributed by atoms with van der Waals surface area (Å²) in [6.45, 7) is 4.00. The highest BCUT2D eigenvalue weighted by atomic mass is 16.5. The van der Waals surface area contributed by atoms with Gasteiger partial charge in [0, 0.05) is 6.42 Å². The molecular weight excluding hydrogens is 292 g/mol. The molecule has 0 saturated heterocycles. The molecule has 0 spiro atoms. The van der Waals surface area contributed by atoms with Crippen LogP contribution in [0.4, 0.5) is 0 Å². The molecule has 122 valence electrons. The Labute approximate surface area is 136 Å². The first kappa shape index (κ1) is 16.9. The van der Waals surface area contributed by atoms with E-state index in [0.717, 1.165) is 11.1 Å². The first-order chi connectivity index (χ1) is 11.0. The number of aromatic hydroxyl groups is 2. The van der Waals surface area contributed by atoms with Crippen molar-refractivity contribution in [3.05, 3.63) is 59.7 Å². The molecule has 0 aromatic heterocycles. The smallest absolute Gasteiger partial charge is 0.305 e. The van der Waals surface area contributed by atoms with E-state index < -0.39 is 5.41 Å². The van der Waals surface area contributed by atoms with E-state index in [1.54, 1.807) is 31.2 Å². The molecule has 0 bridgehead atoms. The monoisotopic (exact) mass is 314 g/mol. The number of hydrogen-bond donors (Lipinski definition) is 2. The molecule has 0 heterocycles. The largest absolute Gasteiger partial charge is 0.508 e. The van der Waals surface area contributed by atoms with Crippen LogP contribution in [0, 0.1) is 0 Å². The molecular formula is C19H22O4. The summed E-state index contributed by atoms with van der Waals surface area (Å²) in [6.07, 6.45) is 1.03. The van der Waals surface area contributed by atoms with E-state index in [9.17, 15) is 15.0 Å². The minimum Gasteiger partial charge on any atom is -0.508 e. The SMILES string of the molecule is CCC(=O)OCC(CC)(c1ccc(O)cc1)c1ccc(O)cc1. The highest BCUT2D eigenvalue weighted by molar-refractivity contribution is 5.69. The summed E-state index contributed by atoms with van der Waals surface area (Å²) in [6, 6.07) is 13.9. The Morgan fingerprint density at radius 3 is 1.70 bits per heavy atom. The lowest BCUT2D eigenvalue weighted by molar-refractivity contribution is -0.144. The van der Waals surface area contributed by atoms with E-state index in [-0.39, 0.29) is 24.1 Å². The maximum absolute atomic E-state index is 11.6. The lowest BCUT2D eigenvalue weighted by Gasteiger charge is -2.33. The summed E-state index contributed by atoms with van der Waals surface area (Å²) in [4.78, 5) is 11.6. The van der Waals surface area contributed by atoms with Crippen molar-refractivity contribution in [3.8, 4) is 11.5 Å². The molecule has 2 aromatic rings. The van der Waals surface area contributed by atoms with Crippen LogP contribution in [-0.2, 0) is 14.9 Å². The number of ether oxygens (including phenoxy) is 1. The number of rotatable bonds is 6. The molecule has 0 aliphatic heterocycles. The third-order valence-corrected chi connectivity index (χ3v) is 4.21. The number of hydrogen-bond acceptors (Lipinski definition) is 4. The van der Waals surface area contributed by atoms with E-state index >= 15 is 0 Å². The van der Waals surface area contributed by atoms with Crippen LogP contribution in [0.5, 0.6) is 11.5 Å². The fourth-order valence-corrected chi connectivity index (χ4v) is 2.71. The van der Waals surface area contributed by atoms with Crippen LogP contribution in [0.3, 0.4) is 0 Å². The molecule has 2 aromatic carbocycles. The van der Waals surface area contributed by atoms with E-state index in [1.807, 2.05) is 31.2 Å². The zero-order valence-electron chi connectivity index (χ0n) is 13.5. The quantitative estimate of drug-likeness (QED) is 0.797. The Hall–Kier alpha value is -2.49. The molecule has 2 rings (SSSR count). The fraction of sp³-hybridized carbons (Fsp3) is 0.316. The van der Waals surface area contributed by atoms with E-state index in [4.69, 9.17) is 4.74 Å². The lowest BCUT2D eigenvalue weighted by Crippen LogP contribution is -2.33. The number of esters is 1. The number of benzene rings is 2. The summed E-state index contributed by atoms with van der Waals surface area (Å²) >= 11 is 0. The third-order valence-electron chi connectivity index (χ3n) is 4.21. The van der Waals surface area contributed by atoms with Gasteiger partial charge in [-0.05, 0) is 41.8 Å². The highest BCUT2D eigenvalue weighted by Gasteiger charge is 2.34. The normalized spacial score (nSPS) is 11.2. The summed E-state index contributed by atoms with van der Waals surface area (Å²) < 4.78 is 5.45. The van der Waals surface area contributed by atoms with Crippen LogP contribution in [0.2, 0.25) is 0 Å². The number of phenols is 2. The van der Waals surface area contributed by atoms with Crippen LogP contribution in [0.25, 0.3) is 0 Å². The molecule has 0 atom stereocenters. The zero-order valence-corrected chi connectivity index (χ0v) is 13.5. The molecule has 0 unspecified atom stereocenters. The van der Waals surface area contributed by atoms with Gasteiger partial charge in [0.25, 0.3) is 0 Å². The second-order valence-electron chi connectivity index (χ2n) is 5.54. The zero-order chi connectivity index (χ0) is 16.9. The van der Waals surface area contributed by atoms with Crippen molar-refractivity contribution in [2.75, 3.05) is 6.61 Å². The molecule has 4 heteroatoms. The summed E-state index contributed by atoms with van der Waals surface area (Å²) in [5, 5.41) is 19.1. The standard InChI is InChI=1S/C19H22O4/c1-3-18(22)23-13-19(4-2,14-5-9-16(20)10-6-14)15-7-11-17(21)12-8-15/h5-12,20-21H,3-4,13H2,1-2H3. The molecule has 0 saturated carbocycles. The van der Waals surface area contributed by atoms with Crippen molar-refractivity contribution in [3.63, 3.8) is 0 Å². The molecule has 0 radical (unpaired) electrons. The van der Waals surface area contributed by atoms with Gasteiger partial charge in [0.1, 0.15) is 18.1 Å². The molecule has 2 N–H and O–H groups in total. The number of phenolic OH excluding ortho intramolecular Hbond substituents is 2. The number of carbonyl (C=O) groups is 1. The van der Waals surface area contributed by atoms with Gasteiger partial charge in [-0.25, -0.2) is 0 Å². The van der Waals surface area contributed by atoms with Gasteiger partial charge in [0.05, 0.1) is 5.41 Å². The van der Waals surface area contributed by atoms with Gasteiger partial charge < -0.3 is 14.9 Å². The van der Waals surface area contributed by atoms with Crippen molar-refractivity contribution in [1.29, 1.82) is 0 Å². The van der Waals surface area contributed by atoms with E-state index in [0.29, 0.717) is 12.8 Å². The van der Waals surface area contributed by atoms with Gasteiger partial charge in [0.15, 0.2) is 0 Å². The van der Waals surface area contributed by atoms with Gasteiger partial charge >= 0.3 is 5.97 Å². The van der Waals surface area contributed by atoms with Crippen molar-refractivity contribution < 1.29 is 19.7 Å². The molecule has 4 nitrogen and oxygen atoms in total. The lowest BCUT2D eigenvalue weighted by atomic mass is 9.73. The molecule has 0 aliphatic carbocycles. The number of carbonyl (C=O) groups excluding carboxylic acids is 1. The second-order valence-corrected chi connectivity index (χ2v) is 5.54. The van der Waals surface area contributed by atoms with Crippen molar-refractivity contribution in [2.45, 2.75) is 32.1 Å². The van der Waals surface area contributed by atoms with Crippen molar-refractivity contribution >= 4 is 5.97 Å². The third kappa shape index (κ3) is 3.65. The predicted octanol–water partition coefficient (Wildman–Crippen LogP) is 3.75. The molecule has 0 amide bonds. The fourth-order valence-electron chi connectivity index (χ4n) is 2.71. The Morgan fingerprint density at radius 1 is 0.913 bits per heavy atom. The topological polar surface area (TPSA) is 66.8 Å². The van der Waals surface area contributed by atoms with Crippen LogP contribution in [0.15, 0.2) is 48.5 Å². The minimum atomic E-state index is -0.522. The van der Waals surface area contributed by atoms with E-state index in [2.05, 4.69) is 0 Å². The second kappa shape index (κ2) is 7.18. The Morgan fingerprint density at radius 2 is 1.35 bits per heavy atom. The van der Waals surface area contributed by atoms with E-state index in [1.165, 1.54) is 0 Å². The highest BCUT2D eigenvalue weighted by Crippen LogP contribution is 2.37. The van der Waals surface area contributed by atoms with Gasteiger partial charge in [-0.3, -0.25) is 4.79 Å². The van der Waals surface area contributed by atoms with Crippen LogP contribution >= 0.6 is 0 Å². The van der Waals surface area contributed by atoms with Gasteiger partial charge in [0.2, 0.25) is 0 Å². The maximum Gasteiger partial charge on any atom is 0.305 e. The summed E-state index contributed by atoms with van der Waals surface area (Å²) in [5.41, 5.74) is 1.38. The Bertz CT molecular complexity index is 599. The van der Waals surface area contributed by atoms with Crippen molar-refractivity contribution in [2.24, 2.45) is 0 Å². The minimum absolute atomic E-state index is 0.190. The first-order valence-electron chi connectivity index (χ1n) is 7.76. The summed E-state index contributed by atoms with van der Waals surface area (Å²) in [7, 11) is 0. The van der Waals surface area contributed by atoms with Crippen LogP contribution in [-0.4, -0.2) is 22.8 Å². The van der Waals surface area contributed by atoms with Gasteiger partial charge in [-0.2, -0.15) is 0 Å². The van der Waals surface area contributed by atoms with Crippen molar-refractivity contribution in [1.82, 2.24) is 0 Å². The van der Waals surface area contributed by atoms with Gasteiger partial charge in [-0.1, -0.05) is 38.1 Å². The molecule has 0 fully saturated rings. The molecule has 23 heavy (non-hydrogen) atoms. The first-order valence-corrected chi connectivity index (χ1v) is 7.76. The average molecular weight is 314 g/mol. The summed E-state index contributed by atoms with van der Waals surface area (Å²) in [5.74, 6) is 0.130. The predicted molar refractivity (Wildman–Crippen MR) is 88.5 cm³/mol. The molecule has 0 aliphatic rings. The Balaban J connectivity index is 2.48. The van der Waals surface area contributed by atoms with Gasteiger partial charge in [-0.15, -0.1) is 0 Å². The average Bonchev–Trinajstić information content (AvgIpc) is 2.58. The maximum atomic E-state index is 11.6.